The lowest BCUT2D eigenvalue weighted by Crippen LogP contribution is -2.30. The molecular weight excluding hydrogens is 250 g/mol. The number of oxime groups is 1. The third-order valence-corrected chi connectivity index (χ3v) is 3.01. The van der Waals surface area contributed by atoms with E-state index in [4.69, 9.17) is 9.94 Å². The third-order valence-electron chi connectivity index (χ3n) is 3.01. The molecule has 2 rings (SSSR count). The normalized spacial score (nSPS) is 21.5. The Labute approximate surface area is 109 Å². The monoisotopic (exact) mass is 263 g/mol. The van der Waals surface area contributed by atoms with E-state index >= 15 is 0 Å². The van der Waals surface area contributed by atoms with Crippen molar-refractivity contribution in [2.45, 2.75) is 13.0 Å². The van der Waals surface area contributed by atoms with Crippen LogP contribution in [-0.4, -0.2) is 36.0 Å². The first-order valence-electron chi connectivity index (χ1n) is 5.70. The van der Waals surface area contributed by atoms with Gasteiger partial charge in [-0.15, -0.1) is 0 Å². The number of methoxy groups -OCH3 is 1. The van der Waals surface area contributed by atoms with E-state index in [0.717, 1.165) is 5.56 Å². The number of esters is 1. The molecule has 0 saturated carbocycles. The zero-order chi connectivity index (χ0) is 14.0. The lowest BCUT2D eigenvalue weighted by molar-refractivity contribution is -0.154. The Kier molecular flexibility index (Phi) is 3.50. The Morgan fingerprint density at radius 1 is 1.32 bits per heavy atom. The van der Waals surface area contributed by atoms with E-state index in [1.807, 2.05) is 0 Å². The third kappa shape index (κ3) is 2.42. The van der Waals surface area contributed by atoms with Crippen LogP contribution in [0.25, 0.3) is 0 Å². The van der Waals surface area contributed by atoms with Gasteiger partial charge in [0.2, 0.25) is 6.10 Å². The van der Waals surface area contributed by atoms with Gasteiger partial charge in [0.1, 0.15) is 0 Å². The van der Waals surface area contributed by atoms with Crippen LogP contribution in [0.4, 0.5) is 0 Å². The number of carboxylic acids is 1. The molecule has 100 valence electrons. The lowest BCUT2D eigenvalue weighted by atomic mass is 9.94. The number of benzene rings is 1. The fraction of sp³-hybridized carbons (Fsp3) is 0.308. The number of hydrogen-bond acceptors (Lipinski definition) is 5. The number of carboxylic acid groups (broad SMARTS) is 1. The number of aromatic carboxylic acids is 1. The summed E-state index contributed by atoms with van der Waals surface area (Å²) in [7, 11) is 1.29. The molecule has 1 aromatic carbocycles. The minimum atomic E-state index is -0.989. The summed E-state index contributed by atoms with van der Waals surface area (Å²) in [6.45, 7) is 1.80. The van der Waals surface area contributed by atoms with Gasteiger partial charge in [-0.25, -0.2) is 9.59 Å². The molecule has 0 saturated heterocycles. The fourth-order valence-corrected chi connectivity index (χ4v) is 1.89. The van der Waals surface area contributed by atoms with E-state index in [0.29, 0.717) is 5.71 Å². The first-order chi connectivity index (χ1) is 9.04. The van der Waals surface area contributed by atoms with Gasteiger partial charge < -0.3 is 14.7 Å². The molecule has 1 aliphatic rings. The summed E-state index contributed by atoms with van der Waals surface area (Å²) in [6.07, 6.45) is -0.751. The Morgan fingerprint density at radius 2 is 1.95 bits per heavy atom. The highest BCUT2D eigenvalue weighted by molar-refractivity contribution is 6.05. The molecule has 1 aliphatic heterocycles. The summed E-state index contributed by atoms with van der Waals surface area (Å²) >= 11 is 0. The van der Waals surface area contributed by atoms with Crippen LogP contribution in [0.1, 0.15) is 22.8 Å². The van der Waals surface area contributed by atoms with Gasteiger partial charge >= 0.3 is 11.9 Å². The van der Waals surface area contributed by atoms with Crippen molar-refractivity contribution in [3.63, 3.8) is 0 Å². The van der Waals surface area contributed by atoms with Gasteiger partial charge in [-0.1, -0.05) is 24.2 Å². The highest BCUT2D eigenvalue weighted by Crippen LogP contribution is 2.24. The van der Waals surface area contributed by atoms with Gasteiger partial charge in [0.15, 0.2) is 0 Å². The predicted molar refractivity (Wildman–Crippen MR) is 66.0 cm³/mol. The van der Waals surface area contributed by atoms with Crippen LogP contribution < -0.4 is 0 Å². The van der Waals surface area contributed by atoms with Crippen LogP contribution in [0.5, 0.6) is 0 Å². The van der Waals surface area contributed by atoms with Crippen LogP contribution in [0, 0.1) is 5.92 Å². The van der Waals surface area contributed by atoms with E-state index in [1.165, 1.54) is 19.2 Å². The van der Waals surface area contributed by atoms with Gasteiger partial charge in [0, 0.05) is 0 Å². The van der Waals surface area contributed by atoms with Crippen LogP contribution in [-0.2, 0) is 14.4 Å². The summed E-state index contributed by atoms with van der Waals surface area (Å²) < 4.78 is 4.62. The molecule has 2 atom stereocenters. The van der Waals surface area contributed by atoms with Crippen molar-refractivity contribution >= 4 is 17.7 Å². The van der Waals surface area contributed by atoms with Gasteiger partial charge in [-0.05, 0) is 17.7 Å². The molecular formula is C13H13NO5. The van der Waals surface area contributed by atoms with Crippen LogP contribution in [0.15, 0.2) is 29.4 Å². The highest BCUT2D eigenvalue weighted by atomic mass is 16.7. The maximum absolute atomic E-state index is 11.4. The molecule has 0 bridgehead atoms. The second-order valence-electron chi connectivity index (χ2n) is 4.20. The first kappa shape index (κ1) is 13.1. The van der Waals surface area contributed by atoms with Gasteiger partial charge in [0.05, 0.1) is 24.3 Å². The Hall–Kier alpha value is -2.37. The minimum Gasteiger partial charge on any atom is -0.478 e. The van der Waals surface area contributed by atoms with E-state index in [9.17, 15) is 9.59 Å². The number of ether oxygens (including phenoxy) is 1. The van der Waals surface area contributed by atoms with E-state index in [1.54, 1.807) is 19.1 Å². The average Bonchev–Trinajstić information content (AvgIpc) is 2.80. The van der Waals surface area contributed by atoms with Crippen LogP contribution >= 0.6 is 0 Å². The van der Waals surface area contributed by atoms with E-state index < -0.39 is 18.0 Å². The number of hydrogen-bond donors (Lipinski definition) is 1. The number of nitrogens with zero attached hydrogens (tertiary/aromatic N) is 1. The second kappa shape index (κ2) is 5.09. The molecule has 0 aliphatic carbocycles. The van der Waals surface area contributed by atoms with Crippen molar-refractivity contribution in [2.75, 3.05) is 7.11 Å². The quantitative estimate of drug-likeness (QED) is 0.831. The molecule has 1 N–H and O–H groups in total. The average molecular weight is 263 g/mol. The SMILES string of the molecule is COC(=O)C1ON=C(c2ccc(C(=O)O)cc2)C1C. The molecule has 2 unspecified atom stereocenters. The number of carbonyl (C=O) groups is 2. The molecule has 19 heavy (non-hydrogen) atoms. The van der Waals surface area contributed by atoms with Crippen LogP contribution in [0.3, 0.4) is 0 Å². The maximum Gasteiger partial charge on any atom is 0.350 e. The molecule has 6 heteroatoms. The Balaban J connectivity index is 2.19. The maximum atomic E-state index is 11.4. The number of carbonyl (C=O) groups excluding carboxylic acids is 1. The van der Waals surface area contributed by atoms with Crippen molar-refractivity contribution in [2.24, 2.45) is 11.1 Å². The van der Waals surface area contributed by atoms with Crippen molar-refractivity contribution in [1.29, 1.82) is 0 Å². The molecule has 0 amide bonds. The first-order valence-corrected chi connectivity index (χ1v) is 5.70. The summed E-state index contributed by atoms with van der Waals surface area (Å²) in [4.78, 5) is 27.3. The summed E-state index contributed by atoms with van der Waals surface area (Å²) in [5, 5.41) is 12.7. The van der Waals surface area contributed by atoms with Crippen molar-refractivity contribution in [1.82, 2.24) is 0 Å². The summed E-state index contributed by atoms with van der Waals surface area (Å²) in [5.74, 6) is -1.71. The molecule has 0 fully saturated rings. The van der Waals surface area contributed by atoms with Gasteiger partial charge in [-0.3, -0.25) is 0 Å². The smallest absolute Gasteiger partial charge is 0.350 e. The fourth-order valence-electron chi connectivity index (χ4n) is 1.89. The van der Waals surface area contributed by atoms with Gasteiger partial charge in [0.25, 0.3) is 0 Å². The van der Waals surface area contributed by atoms with Crippen molar-refractivity contribution in [3.8, 4) is 0 Å². The molecule has 1 heterocycles. The molecule has 6 nitrogen and oxygen atoms in total. The largest absolute Gasteiger partial charge is 0.478 e. The standard InChI is InChI=1S/C13H13NO5/c1-7-10(14-19-11(7)13(17)18-2)8-3-5-9(6-4-8)12(15)16/h3-7,11H,1-2H3,(H,15,16). The highest BCUT2D eigenvalue weighted by Gasteiger charge is 2.37. The Morgan fingerprint density at radius 3 is 2.47 bits per heavy atom. The zero-order valence-electron chi connectivity index (χ0n) is 10.5. The van der Waals surface area contributed by atoms with E-state index in [2.05, 4.69) is 9.89 Å². The van der Waals surface area contributed by atoms with Crippen molar-refractivity contribution in [3.05, 3.63) is 35.4 Å². The topological polar surface area (TPSA) is 85.2 Å². The summed E-state index contributed by atoms with van der Waals surface area (Å²) in [5.41, 5.74) is 1.52. The Bertz CT molecular complexity index is 534. The molecule has 1 aromatic rings. The van der Waals surface area contributed by atoms with Gasteiger partial charge in [-0.2, -0.15) is 0 Å². The van der Waals surface area contributed by atoms with Crippen LogP contribution in [0.2, 0.25) is 0 Å². The van der Waals surface area contributed by atoms with Crippen molar-refractivity contribution < 1.29 is 24.3 Å². The molecule has 0 aromatic heterocycles. The second-order valence-corrected chi connectivity index (χ2v) is 4.20. The zero-order valence-corrected chi connectivity index (χ0v) is 10.5. The molecule has 0 radical (unpaired) electrons. The molecule has 0 spiro atoms. The minimum absolute atomic E-state index is 0.195. The number of rotatable bonds is 3. The summed E-state index contributed by atoms with van der Waals surface area (Å²) in [6, 6.07) is 6.25. The lowest BCUT2D eigenvalue weighted by Gasteiger charge is -2.11. The predicted octanol–water partition coefficient (Wildman–Crippen LogP) is 1.30. The van der Waals surface area contributed by atoms with E-state index in [-0.39, 0.29) is 11.5 Å².